The molecule has 2 rings (SSSR count). The van der Waals surface area contributed by atoms with Crippen molar-refractivity contribution in [2.75, 3.05) is 18.0 Å². The van der Waals surface area contributed by atoms with Crippen LogP contribution in [0.25, 0.3) is 0 Å². The number of unbranched alkanes of at least 4 members (excludes halogenated alkanes) is 3. The van der Waals surface area contributed by atoms with Crippen molar-refractivity contribution < 1.29 is 9.59 Å². The monoisotopic (exact) mass is 331 g/mol. The second kappa shape index (κ2) is 9.42. The first-order valence-electron chi connectivity index (χ1n) is 9.01. The topological polar surface area (TPSA) is 75.4 Å². The van der Waals surface area contributed by atoms with Gasteiger partial charge in [-0.1, -0.05) is 25.0 Å². The number of amides is 2. The van der Waals surface area contributed by atoms with Gasteiger partial charge in [0.05, 0.1) is 6.04 Å². The lowest BCUT2D eigenvalue weighted by Gasteiger charge is -2.19. The first-order valence-corrected chi connectivity index (χ1v) is 9.01. The summed E-state index contributed by atoms with van der Waals surface area (Å²) in [7, 11) is 0. The normalized spacial score (nSPS) is 15.6. The fraction of sp³-hybridized carbons (Fsp3) is 0.579. The zero-order valence-electron chi connectivity index (χ0n) is 14.6. The molecule has 1 heterocycles. The number of nitrogens with one attached hydrogen (secondary N) is 1. The summed E-state index contributed by atoms with van der Waals surface area (Å²) in [5.41, 5.74) is 7.42. The lowest BCUT2D eigenvalue weighted by molar-refractivity contribution is -0.122. The quantitative estimate of drug-likeness (QED) is 0.683. The highest BCUT2D eigenvalue weighted by molar-refractivity contribution is 5.95. The highest BCUT2D eigenvalue weighted by Gasteiger charge is 2.22. The van der Waals surface area contributed by atoms with Gasteiger partial charge in [0, 0.05) is 25.1 Å². The number of carbonyl (C=O) groups excluding carboxylic acids is 2. The molecule has 1 saturated heterocycles. The van der Waals surface area contributed by atoms with Crippen molar-refractivity contribution in [3.63, 3.8) is 0 Å². The van der Waals surface area contributed by atoms with E-state index in [1.54, 1.807) is 0 Å². The minimum atomic E-state index is -0.0563. The van der Waals surface area contributed by atoms with E-state index in [-0.39, 0.29) is 17.9 Å². The minimum absolute atomic E-state index is 0.0563. The third-order valence-electron chi connectivity index (χ3n) is 4.49. The molecule has 0 saturated carbocycles. The van der Waals surface area contributed by atoms with Crippen LogP contribution in [0.1, 0.15) is 63.5 Å². The molecule has 1 fully saturated rings. The van der Waals surface area contributed by atoms with Crippen molar-refractivity contribution in [1.29, 1.82) is 0 Å². The number of hydrogen-bond acceptors (Lipinski definition) is 3. The standard InChI is InChI=1S/C19H29N3O2/c1-15(21-18(23)10-4-2-3-5-12-20)16-8-6-9-17(14-16)22-13-7-11-19(22)24/h6,8-9,14-15H,2-5,7,10-13,20H2,1H3,(H,21,23). The highest BCUT2D eigenvalue weighted by Crippen LogP contribution is 2.24. The van der Waals surface area contributed by atoms with Crippen LogP contribution in [-0.4, -0.2) is 24.9 Å². The molecule has 5 nitrogen and oxygen atoms in total. The summed E-state index contributed by atoms with van der Waals surface area (Å²) in [6, 6.07) is 7.86. The summed E-state index contributed by atoms with van der Waals surface area (Å²) >= 11 is 0. The summed E-state index contributed by atoms with van der Waals surface area (Å²) in [5.74, 6) is 0.263. The van der Waals surface area contributed by atoms with Crippen molar-refractivity contribution in [3.05, 3.63) is 29.8 Å². The lowest BCUT2D eigenvalue weighted by atomic mass is 10.1. The Kier molecular flexibility index (Phi) is 7.25. The van der Waals surface area contributed by atoms with Gasteiger partial charge < -0.3 is 16.0 Å². The van der Waals surface area contributed by atoms with Gasteiger partial charge in [-0.15, -0.1) is 0 Å². The van der Waals surface area contributed by atoms with E-state index >= 15 is 0 Å². The van der Waals surface area contributed by atoms with Crippen LogP contribution < -0.4 is 16.0 Å². The van der Waals surface area contributed by atoms with Gasteiger partial charge in [0.15, 0.2) is 0 Å². The smallest absolute Gasteiger partial charge is 0.227 e. The highest BCUT2D eigenvalue weighted by atomic mass is 16.2. The van der Waals surface area contributed by atoms with E-state index in [0.717, 1.165) is 56.4 Å². The maximum atomic E-state index is 12.1. The van der Waals surface area contributed by atoms with E-state index in [2.05, 4.69) is 5.32 Å². The Morgan fingerprint density at radius 3 is 2.79 bits per heavy atom. The summed E-state index contributed by atoms with van der Waals surface area (Å²) in [4.78, 5) is 25.8. The van der Waals surface area contributed by atoms with Crippen molar-refractivity contribution in [3.8, 4) is 0 Å². The van der Waals surface area contributed by atoms with E-state index < -0.39 is 0 Å². The van der Waals surface area contributed by atoms with Crippen LogP contribution >= 0.6 is 0 Å². The predicted molar refractivity (Wildman–Crippen MR) is 96.7 cm³/mol. The second-order valence-corrected chi connectivity index (χ2v) is 6.49. The maximum Gasteiger partial charge on any atom is 0.227 e. The molecule has 0 aliphatic carbocycles. The number of nitrogens with zero attached hydrogens (tertiary/aromatic N) is 1. The van der Waals surface area contributed by atoms with E-state index in [1.165, 1.54) is 0 Å². The number of carbonyl (C=O) groups is 2. The van der Waals surface area contributed by atoms with Gasteiger partial charge in [-0.2, -0.15) is 0 Å². The van der Waals surface area contributed by atoms with Crippen molar-refractivity contribution in [1.82, 2.24) is 5.32 Å². The Hall–Kier alpha value is -1.88. The van der Waals surface area contributed by atoms with Gasteiger partial charge in [-0.25, -0.2) is 0 Å². The van der Waals surface area contributed by atoms with Gasteiger partial charge >= 0.3 is 0 Å². The summed E-state index contributed by atoms with van der Waals surface area (Å²) < 4.78 is 0. The molecule has 0 radical (unpaired) electrons. The molecular weight excluding hydrogens is 302 g/mol. The van der Waals surface area contributed by atoms with Crippen molar-refractivity contribution in [2.45, 2.75) is 57.9 Å². The van der Waals surface area contributed by atoms with Gasteiger partial charge in [-0.05, 0) is 50.4 Å². The SMILES string of the molecule is CC(NC(=O)CCCCCCN)c1cccc(N2CCCC2=O)c1. The molecule has 1 aliphatic rings. The van der Waals surface area contributed by atoms with Gasteiger partial charge in [-0.3, -0.25) is 9.59 Å². The largest absolute Gasteiger partial charge is 0.350 e. The molecule has 5 heteroatoms. The second-order valence-electron chi connectivity index (χ2n) is 6.49. The molecule has 24 heavy (non-hydrogen) atoms. The predicted octanol–water partition coefficient (Wildman–Crippen LogP) is 2.90. The molecule has 1 aromatic rings. The first kappa shape index (κ1) is 18.5. The van der Waals surface area contributed by atoms with E-state index in [9.17, 15) is 9.59 Å². The molecule has 0 bridgehead atoms. The van der Waals surface area contributed by atoms with E-state index in [0.29, 0.717) is 12.8 Å². The van der Waals surface area contributed by atoms with Crippen LogP contribution in [0, 0.1) is 0 Å². The van der Waals surface area contributed by atoms with Crippen LogP contribution in [0.4, 0.5) is 5.69 Å². The van der Waals surface area contributed by atoms with Crippen molar-refractivity contribution in [2.24, 2.45) is 5.73 Å². The maximum absolute atomic E-state index is 12.1. The molecule has 1 aromatic carbocycles. The Morgan fingerprint density at radius 2 is 2.08 bits per heavy atom. The van der Waals surface area contributed by atoms with Crippen LogP contribution in [0.2, 0.25) is 0 Å². The van der Waals surface area contributed by atoms with Crippen LogP contribution in [0.3, 0.4) is 0 Å². The molecule has 1 unspecified atom stereocenters. The first-order chi connectivity index (χ1) is 11.6. The molecular formula is C19H29N3O2. The average Bonchev–Trinajstić information content (AvgIpc) is 3.01. The summed E-state index contributed by atoms with van der Waals surface area (Å²) in [6.07, 6.45) is 6.16. The Labute approximate surface area is 144 Å². The minimum Gasteiger partial charge on any atom is -0.350 e. The van der Waals surface area contributed by atoms with Crippen LogP contribution in [-0.2, 0) is 9.59 Å². The van der Waals surface area contributed by atoms with E-state index in [4.69, 9.17) is 5.73 Å². The molecule has 1 aliphatic heterocycles. The number of anilines is 1. The molecule has 0 aromatic heterocycles. The molecule has 0 spiro atoms. The molecule has 2 amide bonds. The van der Waals surface area contributed by atoms with Gasteiger partial charge in [0.2, 0.25) is 11.8 Å². The average molecular weight is 331 g/mol. The summed E-state index contributed by atoms with van der Waals surface area (Å²) in [6.45, 7) is 3.49. The van der Waals surface area contributed by atoms with Crippen LogP contribution in [0.5, 0.6) is 0 Å². The molecule has 3 N–H and O–H groups in total. The fourth-order valence-electron chi connectivity index (χ4n) is 3.06. The number of hydrogen-bond donors (Lipinski definition) is 2. The Bertz CT molecular complexity index is 559. The number of benzene rings is 1. The fourth-order valence-corrected chi connectivity index (χ4v) is 3.06. The van der Waals surface area contributed by atoms with Crippen LogP contribution in [0.15, 0.2) is 24.3 Å². The van der Waals surface area contributed by atoms with Crippen molar-refractivity contribution >= 4 is 17.5 Å². The number of rotatable bonds is 9. The van der Waals surface area contributed by atoms with E-state index in [1.807, 2.05) is 36.1 Å². The number of nitrogens with two attached hydrogens (primary N) is 1. The third kappa shape index (κ3) is 5.34. The lowest BCUT2D eigenvalue weighted by Crippen LogP contribution is -2.27. The van der Waals surface area contributed by atoms with Gasteiger partial charge in [0.25, 0.3) is 0 Å². The zero-order valence-corrected chi connectivity index (χ0v) is 14.6. The Balaban J connectivity index is 1.84. The Morgan fingerprint density at radius 1 is 1.29 bits per heavy atom. The molecule has 132 valence electrons. The zero-order chi connectivity index (χ0) is 17.4. The van der Waals surface area contributed by atoms with Gasteiger partial charge in [0.1, 0.15) is 0 Å². The molecule has 1 atom stereocenters. The third-order valence-corrected chi connectivity index (χ3v) is 4.49. The summed E-state index contributed by atoms with van der Waals surface area (Å²) in [5, 5.41) is 3.05.